The average molecular weight is 543 g/mol. The Hall–Kier alpha value is -1.63. The third-order valence-corrected chi connectivity index (χ3v) is 7.98. The van der Waals surface area contributed by atoms with Crippen molar-refractivity contribution in [2.45, 2.75) is 137 Å². The zero-order valence-corrected chi connectivity index (χ0v) is 25.1. The van der Waals surface area contributed by atoms with Crippen LogP contribution in [0, 0.1) is 17.8 Å². The molecule has 0 radical (unpaired) electrons. The van der Waals surface area contributed by atoms with Crippen LogP contribution in [0.2, 0.25) is 0 Å². The van der Waals surface area contributed by atoms with Crippen LogP contribution in [0.1, 0.15) is 137 Å². The van der Waals surface area contributed by atoms with E-state index in [2.05, 4.69) is 6.92 Å². The van der Waals surface area contributed by atoms with Crippen LogP contribution >= 0.6 is 0 Å². The van der Waals surface area contributed by atoms with Crippen LogP contribution < -0.4 is 0 Å². The Morgan fingerprint density at radius 2 is 0.711 bits per heavy atom. The van der Waals surface area contributed by atoms with E-state index in [0.717, 1.165) is 19.3 Å². The van der Waals surface area contributed by atoms with Crippen molar-refractivity contribution in [1.82, 2.24) is 0 Å². The van der Waals surface area contributed by atoms with E-state index in [1.165, 1.54) is 89.9 Å². The average Bonchev–Trinajstić information content (AvgIpc) is 2.85. The van der Waals surface area contributed by atoms with Gasteiger partial charge in [-0.1, -0.05) is 103 Å². The summed E-state index contributed by atoms with van der Waals surface area (Å²) in [6.45, 7) is 8.51. The lowest BCUT2D eigenvalue weighted by Gasteiger charge is -2.42. The normalized spacial score (nSPS) is 15.5. The number of nitrogens with zero attached hydrogens (tertiary/aromatic N) is 1. The van der Waals surface area contributed by atoms with Crippen LogP contribution in [0.25, 0.3) is 0 Å². The Balaban J connectivity index is 4.38. The maximum Gasteiger partial charge on any atom is 0.311 e. The fraction of sp³-hybridized carbons (Fsp3) is 0.903. The Morgan fingerprint density at radius 1 is 0.474 bits per heavy atom. The fourth-order valence-corrected chi connectivity index (χ4v) is 5.65. The van der Waals surface area contributed by atoms with Gasteiger partial charge >= 0.3 is 17.9 Å². The number of carboxylic acid groups (broad SMARTS) is 3. The second kappa shape index (κ2) is 22.2. The highest BCUT2D eigenvalue weighted by Crippen LogP contribution is 2.22. The highest BCUT2D eigenvalue weighted by atomic mass is 16.4. The maximum absolute atomic E-state index is 11.6. The number of quaternary nitrogens is 1. The van der Waals surface area contributed by atoms with Crippen LogP contribution in [-0.2, 0) is 14.4 Å². The molecule has 7 nitrogen and oxygen atoms in total. The lowest BCUT2D eigenvalue weighted by molar-refractivity contribution is -0.934. The van der Waals surface area contributed by atoms with E-state index in [4.69, 9.17) is 0 Å². The number of carbonyl (C=O) groups is 3. The predicted octanol–water partition coefficient (Wildman–Crippen LogP) is 7.62. The number of rotatable bonds is 27. The minimum absolute atomic E-state index is 0.229. The predicted molar refractivity (Wildman–Crippen MR) is 154 cm³/mol. The zero-order chi connectivity index (χ0) is 28.8. The molecular formula is C31H60NO6+. The second-order valence-corrected chi connectivity index (χ2v) is 12.0. The van der Waals surface area contributed by atoms with Crippen LogP contribution in [0.3, 0.4) is 0 Å². The van der Waals surface area contributed by atoms with Gasteiger partial charge in [-0.2, -0.15) is 0 Å². The standard InChI is InChI=1S/C31H59NO6/c1-5-6-7-8-9-10-11-12-13-14-15-16-17-18-19-20-21-22-32(23-26(2)29(33)34,24-27(3)30(35)36)25-28(4)31(37)38/h26-28H,5-25H2,1-4H3,(H2-,33,34,35,36,37,38)/p+1. The minimum atomic E-state index is -0.930. The number of aliphatic carboxylic acids is 3. The molecular weight excluding hydrogens is 482 g/mol. The van der Waals surface area contributed by atoms with Crippen molar-refractivity contribution in [3.8, 4) is 0 Å². The molecule has 0 aliphatic carbocycles. The Morgan fingerprint density at radius 3 is 0.947 bits per heavy atom. The summed E-state index contributed by atoms with van der Waals surface area (Å²) in [6.07, 6.45) is 21.7. The first-order valence-corrected chi connectivity index (χ1v) is 15.6. The Kier molecular flexibility index (Phi) is 21.3. The van der Waals surface area contributed by atoms with Crippen LogP contribution in [0.15, 0.2) is 0 Å². The van der Waals surface area contributed by atoms with Crippen molar-refractivity contribution < 1.29 is 34.2 Å². The van der Waals surface area contributed by atoms with E-state index in [9.17, 15) is 29.7 Å². The maximum atomic E-state index is 11.6. The SMILES string of the molecule is CCCCCCCCCCCCCCCCCCC[N+](CC(C)C(=O)O)(CC(C)C(=O)O)CC(C)C(=O)O. The van der Waals surface area contributed by atoms with Gasteiger partial charge in [0.2, 0.25) is 0 Å². The third-order valence-electron chi connectivity index (χ3n) is 7.98. The first kappa shape index (κ1) is 36.4. The topological polar surface area (TPSA) is 112 Å². The highest BCUT2D eigenvalue weighted by molar-refractivity contribution is 5.70. The van der Waals surface area contributed by atoms with E-state index < -0.39 is 35.7 Å². The van der Waals surface area contributed by atoms with Crippen LogP contribution in [-0.4, -0.2) is 63.9 Å². The summed E-state index contributed by atoms with van der Waals surface area (Å²) in [7, 11) is 0. The first-order chi connectivity index (χ1) is 18.0. The molecule has 3 unspecified atom stereocenters. The number of carboxylic acids is 3. The smallest absolute Gasteiger partial charge is 0.311 e. The monoisotopic (exact) mass is 542 g/mol. The van der Waals surface area contributed by atoms with Crippen LogP contribution in [0.5, 0.6) is 0 Å². The highest BCUT2D eigenvalue weighted by Gasteiger charge is 2.38. The van der Waals surface area contributed by atoms with Gasteiger partial charge in [-0.15, -0.1) is 0 Å². The Labute approximate surface area is 233 Å². The summed E-state index contributed by atoms with van der Waals surface area (Å²) in [5.41, 5.74) is 0. The van der Waals surface area contributed by atoms with Gasteiger partial charge in [-0.3, -0.25) is 14.4 Å². The van der Waals surface area contributed by atoms with Gasteiger partial charge in [0.05, 0.1) is 26.2 Å². The molecule has 0 aliphatic rings. The zero-order valence-electron chi connectivity index (χ0n) is 25.1. The molecule has 0 rings (SSSR count). The molecule has 0 aliphatic heterocycles. The molecule has 224 valence electrons. The van der Waals surface area contributed by atoms with Gasteiger partial charge in [0.1, 0.15) is 17.8 Å². The number of hydrogen-bond donors (Lipinski definition) is 3. The third kappa shape index (κ3) is 18.6. The molecule has 3 N–H and O–H groups in total. The van der Waals surface area contributed by atoms with Crippen molar-refractivity contribution in [3.05, 3.63) is 0 Å². The Bertz CT molecular complexity index is 583. The van der Waals surface area contributed by atoms with E-state index in [0.29, 0.717) is 6.54 Å². The second-order valence-electron chi connectivity index (χ2n) is 12.0. The van der Waals surface area contributed by atoms with Crippen molar-refractivity contribution in [2.24, 2.45) is 17.8 Å². The molecule has 0 fully saturated rings. The van der Waals surface area contributed by atoms with E-state index in [1.54, 1.807) is 20.8 Å². The molecule has 0 saturated heterocycles. The molecule has 0 saturated carbocycles. The summed E-state index contributed by atoms with van der Waals surface area (Å²) < 4.78 is 0.229. The van der Waals surface area contributed by atoms with Gasteiger partial charge < -0.3 is 19.8 Å². The first-order valence-electron chi connectivity index (χ1n) is 15.6. The molecule has 0 bridgehead atoms. The van der Waals surface area contributed by atoms with E-state index in [1.807, 2.05) is 0 Å². The van der Waals surface area contributed by atoms with Crippen molar-refractivity contribution >= 4 is 17.9 Å². The van der Waals surface area contributed by atoms with E-state index >= 15 is 0 Å². The van der Waals surface area contributed by atoms with Gasteiger partial charge in [0, 0.05) is 0 Å². The quantitative estimate of drug-likeness (QED) is 0.0727. The van der Waals surface area contributed by atoms with Crippen LogP contribution in [0.4, 0.5) is 0 Å². The molecule has 0 aromatic heterocycles. The lowest BCUT2D eigenvalue weighted by atomic mass is 10.00. The summed E-state index contributed by atoms with van der Waals surface area (Å²) in [5, 5.41) is 28.5. The lowest BCUT2D eigenvalue weighted by Crippen LogP contribution is -2.57. The summed E-state index contributed by atoms with van der Waals surface area (Å²) in [4.78, 5) is 34.8. The van der Waals surface area contributed by atoms with Crippen molar-refractivity contribution in [2.75, 3.05) is 26.2 Å². The largest absolute Gasteiger partial charge is 0.481 e. The molecule has 38 heavy (non-hydrogen) atoms. The summed E-state index contributed by atoms with van der Waals surface area (Å²) in [5.74, 6) is -4.78. The number of unbranched alkanes of at least 4 members (excludes halogenated alkanes) is 16. The fourth-order valence-electron chi connectivity index (χ4n) is 5.65. The van der Waals surface area contributed by atoms with Gasteiger partial charge in [0.25, 0.3) is 0 Å². The summed E-state index contributed by atoms with van der Waals surface area (Å²) >= 11 is 0. The number of hydrogen-bond acceptors (Lipinski definition) is 3. The molecule has 0 amide bonds. The molecule has 0 spiro atoms. The van der Waals surface area contributed by atoms with Crippen molar-refractivity contribution in [3.63, 3.8) is 0 Å². The van der Waals surface area contributed by atoms with Crippen molar-refractivity contribution in [1.29, 1.82) is 0 Å². The van der Waals surface area contributed by atoms with Gasteiger partial charge in [-0.25, -0.2) is 0 Å². The molecule has 0 aromatic rings. The van der Waals surface area contributed by atoms with Gasteiger partial charge in [0.15, 0.2) is 0 Å². The summed E-state index contributed by atoms with van der Waals surface area (Å²) in [6, 6.07) is 0. The molecule has 7 heteroatoms. The molecule has 0 aromatic carbocycles. The van der Waals surface area contributed by atoms with E-state index in [-0.39, 0.29) is 24.1 Å². The van der Waals surface area contributed by atoms with Gasteiger partial charge in [-0.05, 0) is 33.6 Å². The minimum Gasteiger partial charge on any atom is -0.481 e. The molecule has 0 heterocycles. The molecule has 3 atom stereocenters.